The average molecular weight is 574 g/mol. The van der Waals surface area contributed by atoms with E-state index in [1.54, 1.807) is 41.5 Å². The molecule has 0 bridgehead atoms. The Hall–Kier alpha value is -3.78. The number of carbonyl (C=O) groups is 4. The first-order valence-corrected chi connectivity index (χ1v) is 13.6. The summed E-state index contributed by atoms with van der Waals surface area (Å²) in [5.74, 6) is -1.40. The van der Waals surface area contributed by atoms with Gasteiger partial charge in [0.15, 0.2) is 5.78 Å². The van der Waals surface area contributed by atoms with Crippen LogP contribution in [0, 0.1) is 0 Å². The van der Waals surface area contributed by atoms with Crippen LogP contribution in [-0.4, -0.2) is 102 Å². The highest BCUT2D eigenvalue weighted by molar-refractivity contribution is 6.03. The van der Waals surface area contributed by atoms with Crippen molar-refractivity contribution < 1.29 is 33.4 Å². The van der Waals surface area contributed by atoms with Gasteiger partial charge in [-0.15, -0.1) is 0 Å². The number of fused-ring (bicyclic) bond motifs is 1. The lowest BCUT2D eigenvalue weighted by atomic mass is 9.91. The fourth-order valence-corrected chi connectivity index (χ4v) is 4.79. The number of imidazole rings is 2. The molecule has 2 fully saturated rings. The standard InChI is InChI=1S/C27H39N7O7/c1-26(2,3)40-24(37)33-8-7-19-22(39-19)20(33)21(35)18(10-16-12-30-14-32-16)34(25(38)41-27(4,5)6)23(36)17(28)9-15-11-29-13-31-15/h11-14,17-20,22H,7-10,28H2,1-6H3,(H,29,31)(H,30,32)/t17-,18-,19?,20?,22?/m0/s1. The van der Waals surface area contributed by atoms with Crippen LogP contribution in [0.25, 0.3) is 0 Å². The van der Waals surface area contributed by atoms with Gasteiger partial charge in [0.2, 0.25) is 5.91 Å². The van der Waals surface area contributed by atoms with Crippen molar-refractivity contribution in [2.75, 3.05) is 6.54 Å². The van der Waals surface area contributed by atoms with E-state index in [9.17, 15) is 19.2 Å². The molecule has 2 aliphatic heterocycles. The second kappa shape index (κ2) is 11.6. The fraction of sp³-hybridized carbons (Fsp3) is 0.630. The number of hydrogen-bond donors (Lipinski definition) is 3. The molecule has 2 aromatic rings. The van der Waals surface area contributed by atoms with Gasteiger partial charge in [-0.05, 0) is 48.0 Å². The molecule has 0 radical (unpaired) electrons. The van der Waals surface area contributed by atoms with E-state index in [1.165, 1.54) is 29.9 Å². The molecule has 2 saturated heterocycles. The number of nitrogens with one attached hydrogen (secondary N) is 2. The van der Waals surface area contributed by atoms with Crippen molar-refractivity contribution in [3.63, 3.8) is 0 Å². The number of carbonyl (C=O) groups excluding carboxylic acids is 4. The summed E-state index contributed by atoms with van der Waals surface area (Å²) in [6.07, 6.45) is 3.80. The minimum Gasteiger partial charge on any atom is -0.444 e. The number of likely N-dealkylation sites (tertiary alicyclic amines) is 1. The molecule has 0 aromatic carbocycles. The van der Waals surface area contributed by atoms with Crippen molar-refractivity contribution >= 4 is 23.9 Å². The summed E-state index contributed by atoms with van der Waals surface area (Å²) in [7, 11) is 0. The molecule has 4 rings (SSSR count). The number of nitrogens with two attached hydrogens (primary N) is 1. The van der Waals surface area contributed by atoms with Gasteiger partial charge in [-0.25, -0.2) is 24.5 Å². The quantitative estimate of drug-likeness (QED) is 0.392. The molecule has 14 heteroatoms. The number of Topliss-reactive ketones (excluding diaryl/α,β-unsaturated/α-hetero) is 1. The molecule has 14 nitrogen and oxygen atoms in total. The molecule has 224 valence electrons. The zero-order valence-electron chi connectivity index (χ0n) is 24.2. The van der Waals surface area contributed by atoms with Crippen LogP contribution in [-0.2, 0) is 36.6 Å². The van der Waals surface area contributed by atoms with Crippen molar-refractivity contribution in [2.24, 2.45) is 5.73 Å². The van der Waals surface area contributed by atoms with Crippen LogP contribution in [0.1, 0.15) is 59.4 Å². The topological polar surface area (TPSA) is 189 Å². The summed E-state index contributed by atoms with van der Waals surface area (Å²) in [5, 5.41) is 0. The van der Waals surface area contributed by atoms with Crippen LogP contribution < -0.4 is 5.73 Å². The van der Waals surface area contributed by atoms with E-state index in [4.69, 9.17) is 19.9 Å². The van der Waals surface area contributed by atoms with Crippen molar-refractivity contribution in [1.29, 1.82) is 0 Å². The summed E-state index contributed by atoms with van der Waals surface area (Å²) in [4.78, 5) is 71.1. The normalized spacial score (nSPS) is 21.8. The Labute approximate surface area is 238 Å². The first kappa shape index (κ1) is 30.2. The van der Waals surface area contributed by atoms with Crippen LogP contribution in [0.15, 0.2) is 25.0 Å². The largest absolute Gasteiger partial charge is 0.444 e. The molecule has 5 atom stereocenters. The molecule has 4 N–H and O–H groups in total. The predicted octanol–water partition coefficient (Wildman–Crippen LogP) is 1.72. The fourth-order valence-electron chi connectivity index (χ4n) is 4.79. The number of ketones is 1. The van der Waals surface area contributed by atoms with E-state index in [1.807, 2.05) is 0 Å². The molecular formula is C27H39N7O7. The van der Waals surface area contributed by atoms with E-state index in [0.29, 0.717) is 17.8 Å². The van der Waals surface area contributed by atoms with Crippen LogP contribution in [0.3, 0.4) is 0 Å². The van der Waals surface area contributed by atoms with Gasteiger partial charge in [0.05, 0.1) is 24.8 Å². The first-order chi connectivity index (χ1) is 19.1. The van der Waals surface area contributed by atoms with Crippen LogP contribution in [0.2, 0.25) is 0 Å². The third kappa shape index (κ3) is 7.50. The molecule has 2 aliphatic rings. The Morgan fingerprint density at radius 1 is 1.02 bits per heavy atom. The zero-order chi connectivity index (χ0) is 30.1. The van der Waals surface area contributed by atoms with E-state index < -0.39 is 59.3 Å². The lowest BCUT2D eigenvalue weighted by Crippen LogP contribution is -2.62. The maximum atomic E-state index is 14.5. The van der Waals surface area contributed by atoms with Gasteiger partial charge in [-0.3, -0.25) is 14.5 Å². The van der Waals surface area contributed by atoms with Crippen LogP contribution in [0.5, 0.6) is 0 Å². The molecular weight excluding hydrogens is 534 g/mol. The summed E-state index contributed by atoms with van der Waals surface area (Å²) >= 11 is 0. The van der Waals surface area contributed by atoms with Crippen molar-refractivity contribution in [1.82, 2.24) is 29.7 Å². The number of hydrogen-bond acceptors (Lipinski definition) is 10. The number of imide groups is 1. The van der Waals surface area contributed by atoms with Gasteiger partial charge in [-0.2, -0.15) is 0 Å². The summed E-state index contributed by atoms with van der Waals surface area (Å²) in [5.41, 5.74) is 5.56. The molecule has 0 saturated carbocycles. The first-order valence-electron chi connectivity index (χ1n) is 13.6. The minimum atomic E-state index is -1.40. The Bertz CT molecular complexity index is 1230. The lowest BCUT2D eigenvalue weighted by Gasteiger charge is -2.38. The highest BCUT2D eigenvalue weighted by Gasteiger charge is 2.58. The number of rotatable bonds is 8. The van der Waals surface area contributed by atoms with Crippen molar-refractivity contribution in [3.05, 3.63) is 36.4 Å². The maximum Gasteiger partial charge on any atom is 0.417 e. The second-order valence-electron chi connectivity index (χ2n) is 12.3. The van der Waals surface area contributed by atoms with Gasteiger partial charge in [0.1, 0.15) is 29.4 Å². The molecule has 4 heterocycles. The Morgan fingerprint density at radius 2 is 1.61 bits per heavy atom. The number of amides is 3. The van der Waals surface area contributed by atoms with E-state index >= 15 is 0 Å². The van der Waals surface area contributed by atoms with Gasteiger partial charge in [0.25, 0.3) is 0 Å². The monoisotopic (exact) mass is 573 g/mol. The number of aromatic nitrogens is 4. The van der Waals surface area contributed by atoms with Crippen LogP contribution in [0.4, 0.5) is 9.59 Å². The van der Waals surface area contributed by atoms with E-state index in [2.05, 4.69) is 19.9 Å². The number of piperidine rings is 1. The predicted molar refractivity (Wildman–Crippen MR) is 144 cm³/mol. The minimum absolute atomic E-state index is 0.0321. The number of ether oxygens (including phenoxy) is 3. The molecule has 0 spiro atoms. The molecule has 3 amide bonds. The summed E-state index contributed by atoms with van der Waals surface area (Å²) in [6.45, 7) is 10.4. The van der Waals surface area contributed by atoms with Crippen LogP contribution >= 0.6 is 0 Å². The second-order valence-corrected chi connectivity index (χ2v) is 12.3. The number of H-pyrrole nitrogens is 2. The van der Waals surface area contributed by atoms with Crippen molar-refractivity contribution in [2.45, 2.75) is 102 Å². The zero-order valence-corrected chi connectivity index (χ0v) is 24.2. The maximum absolute atomic E-state index is 14.5. The smallest absolute Gasteiger partial charge is 0.417 e. The Kier molecular flexibility index (Phi) is 8.54. The molecule has 0 aliphatic carbocycles. The molecule has 41 heavy (non-hydrogen) atoms. The Balaban J connectivity index is 1.72. The van der Waals surface area contributed by atoms with Gasteiger partial charge in [-0.1, -0.05) is 0 Å². The summed E-state index contributed by atoms with van der Waals surface area (Å²) in [6, 6.07) is -3.71. The molecule has 3 unspecified atom stereocenters. The number of epoxide rings is 1. The van der Waals surface area contributed by atoms with Gasteiger partial charge in [0, 0.05) is 43.2 Å². The van der Waals surface area contributed by atoms with E-state index in [0.717, 1.165) is 4.90 Å². The van der Waals surface area contributed by atoms with Crippen molar-refractivity contribution in [3.8, 4) is 0 Å². The van der Waals surface area contributed by atoms with Gasteiger partial charge < -0.3 is 29.9 Å². The van der Waals surface area contributed by atoms with E-state index in [-0.39, 0.29) is 25.5 Å². The highest BCUT2D eigenvalue weighted by Crippen LogP contribution is 2.38. The van der Waals surface area contributed by atoms with Gasteiger partial charge >= 0.3 is 12.2 Å². The molecule has 2 aromatic heterocycles. The lowest BCUT2D eigenvalue weighted by molar-refractivity contribution is -0.142. The SMILES string of the molecule is CC(C)(C)OC(=O)N1CCC2OC2C1C(=O)[C@H](Cc1cnc[nH]1)N(C(=O)OC(C)(C)C)C(=O)[C@@H](N)Cc1cnc[nH]1. The highest BCUT2D eigenvalue weighted by atomic mass is 16.6. The third-order valence-corrected chi connectivity index (χ3v) is 6.59. The Morgan fingerprint density at radius 3 is 2.15 bits per heavy atom. The average Bonchev–Trinajstić information content (AvgIpc) is 3.19. The number of nitrogens with zero attached hydrogens (tertiary/aromatic N) is 4. The number of aromatic amines is 2. The third-order valence-electron chi connectivity index (χ3n) is 6.59. The summed E-state index contributed by atoms with van der Waals surface area (Å²) < 4.78 is 16.9.